The lowest BCUT2D eigenvalue weighted by Gasteiger charge is -2.30. The molecule has 0 radical (unpaired) electrons. The van der Waals surface area contributed by atoms with E-state index >= 15 is 0 Å². The minimum atomic E-state index is 0.250. The first-order valence-corrected chi connectivity index (χ1v) is 8.57. The molecule has 1 aliphatic carbocycles. The van der Waals surface area contributed by atoms with Crippen LogP contribution in [0.2, 0.25) is 5.02 Å². The van der Waals surface area contributed by atoms with Crippen molar-refractivity contribution in [3.05, 3.63) is 34.3 Å². The quantitative estimate of drug-likeness (QED) is 0.883. The van der Waals surface area contributed by atoms with Crippen molar-refractivity contribution >= 4 is 11.6 Å². The maximum atomic E-state index is 6.19. The van der Waals surface area contributed by atoms with Gasteiger partial charge in [-0.1, -0.05) is 31.5 Å². The third kappa shape index (κ3) is 3.44. The van der Waals surface area contributed by atoms with Crippen molar-refractivity contribution in [1.29, 1.82) is 0 Å². The highest BCUT2D eigenvalue weighted by molar-refractivity contribution is 6.30. The third-order valence-corrected chi connectivity index (χ3v) is 5.17. The zero-order valence-electron chi connectivity index (χ0n) is 13.1. The number of nitrogens with one attached hydrogen (secondary N) is 1. The van der Waals surface area contributed by atoms with E-state index in [-0.39, 0.29) is 5.41 Å². The van der Waals surface area contributed by atoms with E-state index in [4.69, 9.17) is 16.3 Å². The standard InChI is InChI=1S/C18H26ClNO/c1-18(2)12-13-6-7-14(19)11-16(13)17(18)20-9-8-15-5-3-4-10-21-15/h6-7,11,15,17,20H,3-5,8-10,12H2,1-2H3. The van der Waals surface area contributed by atoms with Crippen LogP contribution < -0.4 is 5.32 Å². The zero-order chi connectivity index (χ0) is 14.9. The molecule has 2 nitrogen and oxygen atoms in total. The van der Waals surface area contributed by atoms with Crippen molar-refractivity contribution in [1.82, 2.24) is 5.32 Å². The summed E-state index contributed by atoms with van der Waals surface area (Å²) in [4.78, 5) is 0. The van der Waals surface area contributed by atoms with E-state index < -0.39 is 0 Å². The molecule has 116 valence electrons. The van der Waals surface area contributed by atoms with E-state index in [1.54, 1.807) is 0 Å². The lowest BCUT2D eigenvalue weighted by atomic mass is 9.85. The molecule has 3 rings (SSSR count). The molecule has 2 unspecified atom stereocenters. The Labute approximate surface area is 133 Å². The molecule has 1 aromatic rings. The molecule has 21 heavy (non-hydrogen) atoms. The Balaban J connectivity index is 1.62. The molecule has 2 aliphatic rings. The van der Waals surface area contributed by atoms with E-state index in [1.807, 2.05) is 6.07 Å². The van der Waals surface area contributed by atoms with Gasteiger partial charge in [0.25, 0.3) is 0 Å². The smallest absolute Gasteiger partial charge is 0.0587 e. The summed E-state index contributed by atoms with van der Waals surface area (Å²) in [6.07, 6.45) is 6.45. The highest BCUT2D eigenvalue weighted by atomic mass is 35.5. The SMILES string of the molecule is CC1(C)Cc2ccc(Cl)cc2C1NCCC1CCCCO1. The summed E-state index contributed by atoms with van der Waals surface area (Å²) in [7, 11) is 0. The number of benzene rings is 1. The highest BCUT2D eigenvalue weighted by Gasteiger charge is 2.38. The van der Waals surface area contributed by atoms with Crippen molar-refractivity contribution in [2.45, 2.75) is 58.1 Å². The summed E-state index contributed by atoms with van der Waals surface area (Å²) in [5.41, 5.74) is 3.08. The van der Waals surface area contributed by atoms with Crippen molar-refractivity contribution in [2.24, 2.45) is 5.41 Å². The Morgan fingerprint density at radius 2 is 2.19 bits per heavy atom. The Morgan fingerprint density at radius 1 is 1.33 bits per heavy atom. The van der Waals surface area contributed by atoms with E-state index in [0.717, 1.165) is 31.0 Å². The Morgan fingerprint density at radius 3 is 2.95 bits per heavy atom. The molecule has 1 aliphatic heterocycles. The Kier molecular flexibility index (Phi) is 4.58. The van der Waals surface area contributed by atoms with Crippen LogP contribution >= 0.6 is 11.6 Å². The first-order valence-electron chi connectivity index (χ1n) is 8.19. The average Bonchev–Trinajstić information content (AvgIpc) is 2.71. The maximum Gasteiger partial charge on any atom is 0.0587 e. The van der Waals surface area contributed by atoms with Gasteiger partial charge in [-0.25, -0.2) is 0 Å². The Bertz CT molecular complexity index is 494. The molecular weight excluding hydrogens is 282 g/mol. The molecule has 3 heteroatoms. The van der Waals surface area contributed by atoms with Crippen molar-refractivity contribution in [3.63, 3.8) is 0 Å². The van der Waals surface area contributed by atoms with Crippen LogP contribution in [0, 0.1) is 5.41 Å². The zero-order valence-corrected chi connectivity index (χ0v) is 13.9. The van der Waals surface area contributed by atoms with Gasteiger partial charge in [-0.05, 0) is 67.3 Å². The van der Waals surface area contributed by atoms with Crippen molar-refractivity contribution in [2.75, 3.05) is 13.2 Å². The molecule has 1 fully saturated rings. The summed E-state index contributed by atoms with van der Waals surface area (Å²) in [6.45, 7) is 6.65. The van der Waals surface area contributed by atoms with Gasteiger partial charge < -0.3 is 10.1 Å². The molecule has 1 N–H and O–H groups in total. The molecular formula is C18H26ClNO. The van der Waals surface area contributed by atoms with Crippen LogP contribution in [0.5, 0.6) is 0 Å². The van der Waals surface area contributed by atoms with Gasteiger partial charge in [0.15, 0.2) is 0 Å². The summed E-state index contributed by atoms with van der Waals surface area (Å²) >= 11 is 6.19. The van der Waals surface area contributed by atoms with Crippen LogP contribution in [-0.2, 0) is 11.2 Å². The lowest BCUT2D eigenvalue weighted by molar-refractivity contribution is 0.0106. The van der Waals surface area contributed by atoms with Gasteiger partial charge in [-0.15, -0.1) is 0 Å². The van der Waals surface area contributed by atoms with Gasteiger partial charge in [0, 0.05) is 17.7 Å². The van der Waals surface area contributed by atoms with E-state index in [2.05, 4.69) is 31.3 Å². The summed E-state index contributed by atoms with van der Waals surface area (Å²) < 4.78 is 5.82. The average molecular weight is 308 g/mol. The van der Waals surface area contributed by atoms with E-state index in [1.165, 1.54) is 30.4 Å². The number of rotatable bonds is 4. The predicted octanol–water partition coefficient (Wildman–Crippen LogP) is 4.51. The van der Waals surface area contributed by atoms with Crippen molar-refractivity contribution < 1.29 is 4.74 Å². The van der Waals surface area contributed by atoms with Crippen molar-refractivity contribution in [3.8, 4) is 0 Å². The second-order valence-electron chi connectivity index (χ2n) is 7.17. The van der Waals surface area contributed by atoms with Crippen LogP contribution in [0.3, 0.4) is 0 Å². The molecule has 0 amide bonds. The van der Waals surface area contributed by atoms with Gasteiger partial charge in [-0.2, -0.15) is 0 Å². The summed E-state index contributed by atoms with van der Waals surface area (Å²) in [6, 6.07) is 6.73. The molecule has 0 spiro atoms. The van der Waals surface area contributed by atoms with Gasteiger partial charge in [0.1, 0.15) is 0 Å². The fourth-order valence-electron chi connectivity index (χ4n) is 3.82. The predicted molar refractivity (Wildman–Crippen MR) is 87.9 cm³/mol. The normalized spacial score (nSPS) is 27.6. The monoisotopic (exact) mass is 307 g/mol. The van der Waals surface area contributed by atoms with Gasteiger partial charge in [0.2, 0.25) is 0 Å². The number of halogens is 1. The number of fused-ring (bicyclic) bond motifs is 1. The van der Waals surface area contributed by atoms with Gasteiger partial charge in [0.05, 0.1) is 6.10 Å². The topological polar surface area (TPSA) is 21.3 Å². The second-order valence-corrected chi connectivity index (χ2v) is 7.61. The highest BCUT2D eigenvalue weighted by Crippen LogP contribution is 2.45. The third-order valence-electron chi connectivity index (χ3n) is 4.94. The minimum absolute atomic E-state index is 0.250. The molecule has 0 aromatic heterocycles. The molecule has 1 saturated heterocycles. The first kappa shape index (κ1) is 15.3. The number of ether oxygens (including phenoxy) is 1. The Hall–Kier alpha value is -0.570. The number of hydrogen-bond donors (Lipinski definition) is 1. The van der Waals surface area contributed by atoms with Crippen LogP contribution in [0.15, 0.2) is 18.2 Å². The molecule has 0 saturated carbocycles. The molecule has 1 heterocycles. The molecule has 2 atom stereocenters. The van der Waals surface area contributed by atoms with Crippen LogP contribution in [0.1, 0.15) is 56.7 Å². The van der Waals surface area contributed by atoms with E-state index in [9.17, 15) is 0 Å². The second kappa shape index (κ2) is 6.28. The number of hydrogen-bond acceptors (Lipinski definition) is 2. The van der Waals surface area contributed by atoms with Gasteiger partial charge >= 0.3 is 0 Å². The van der Waals surface area contributed by atoms with E-state index in [0.29, 0.717) is 12.1 Å². The first-order chi connectivity index (χ1) is 10.1. The summed E-state index contributed by atoms with van der Waals surface area (Å²) in [5.74, 6) is 0. The van der Waals surface area contributed by atoms with Gasteiger partial charge in [-0.3, -0.25) is 0 Å². The lowest BCUT2D eigenvalue weighted by Crippen LogP contribution is -2.34. The van der Waals surface area contributed by atoms with Crippen LogP contribution in [-0.4, -0.2) is 19.3 Å². The minimum Gasteiger partial charge on any atom is -0.378 e. The fraction of sp³-hybridized carbons (Fsp3) is 0.667. The molecule has 1 aromatic carbocycles. The summed E-state index contributed by atoms with van der Waals surface area (Å²) in [5, 5.41) is 4.61. The molecule has 0 bridgehead atoms. The fourth-order valence-corrected chi connectivity index (χ4v) is 4.00. The van der Waals surface area contributed by atoms with Crippen LogP contribution in [0.25, 0.3) is 0 Å². The van der Waals surface area contributed by atoms with Crippen LogP contribution in [0.4, 0.5) is 0 Å². The largest absolute Gasteiger partial charge is 0.378 e. The maximum absolute atomic E-state index is 6.19.